The lowest BCUT2D eigenvalue weighted by Gasteiger charge is -2.26. The predicted molar refractivity (Wildman–Crippen MR) is 144 cm³/mol. The number of benzene rings is 2. The van der Waals surface area contributed by atoms with Gasteiger partial charge >= 0.3 is 5.97 Å². The standard InChI is InChI=1S/C28H33N3O5S/c1-19(21-6-4-3-5-7-21)29-27(34)24-18-23(10-8-22(24)9-11-26(32)33)36-15-12-25-20(2)37-28(30-25)31-13-16-35-17-14-31/h3-8,10,18-19H,9,11-17H2,1-2H3,(H,29,34)(H,32,33). The number of carbonyl (C=O) groups excluding carboxylic acids is 1. The van der Waals surface area contributed by atoms with E-state index in [9.17, 15) is 9.59 Å². The Morgan fingerprint density at radius 2 is 1.92 bits per heavy atom. The van der Waals surface area contributed by atoms with Gasteiger partial charge in [-0.1, -0.05) is 36.4 Å². The molecule has 196 valence electrons. The Morgan fingerprint density at radius 3 is 2.65 bits per heavy atom. The largest absolute Gasteiger partial charge is 0.493 e. The first-order valence-electron chi connectivity index (χ1n) is 12.5. The van der Waals surface area contributed by atoms with Crippen molar-refractivity contribution < 1.29 is 24.2 Å². The number of amides is 1. The number of aliphatic carboxylic acids is 1. The summed E-state index contributed by atoms with van der Waals surface area (Å²) in [4.78, 5) is 32.6. The molecule has 1 saturated heterocycles. The molecule has 8 nitrogen and oxygen atoms in total. The van der Waals surface area contributed by atoms with E-state index >= 15 is 0 Å². The van der Waals surface area contributed by atoms with E-state index in [2.05, 4.69) is 17.1 Å². The van der Waals surface area contributed by atoms with Crippen LogP contribution in [0.25, 0.3) is 0 Å². The summed E-state index contributed by atoms with van der Waals surface area (Å²) in [6.07, 6.45) is 0.865. The highest BCUT2D eigenvalue weighted by molar-refractivity contribution is 7.15. The molecule has 1 aromatic heterocycles. The Bertz CT molecular complexity index is 1210. The normalized spacial score (nSPS) is 14.3. The minimum absolute atomic E-state index is 0.0523. The number of nitrogens with zero attached hydrogens (tertiary/aromatic N) is 2. The van der Waals surface area contributed by atoms with Gasteiger partial charge in [0.2, 0.25) is 0 Å². The highest BCUT2D eigenvalue weighted by atomic mass is 32.1. The monoisotopic (exact) mass is 523 g/mol. The average Bonchev–Trinajstić information content (AvgIpc) is 3.29. The molecule has 1 amide bonds. The number of anilines is 1. The van der Waals surface area contributed by atoms with Gasteiger partial charge in [-0.2, -0.15) is 0 Å². The number of rotatable bonds is 11. The summed E-state index contributed by atoms with van der Waals surface area (Å²) in [5.74, 6) is -0.593. The zero-order valence-electron chi connectivity index (χ0n) is 21.2. The Labute approximate surface area is 221 Å². The predicted octanol–water partition coefficient (Wildman–Crippen LogP) is 4.42. The minimum atomic E-state index is -0.903. The van der Waals surface area contributed by atoms with E-state index < -0.39 is 5.97 Å². The molecular formula is C28H33N3O5S. The number of hydrogen-bond acceptors (Lipinski definition) is 7. The highest BCUT2D eigenvalue weighted by Crippen LogP contribution is 2.27. The van der Waals surface area contributed by atoms with Crippen LogP contribution in [0.2, 0.25) is 0 Å². The Hall–Kier alpha value is -3.43. The zero-order valence-corrected chi connectivity index (χ0v) is 22.1. The van der Waals surface area contributed by atoms with Gasteiger partial charge in [0.05, 0.1) is 31.6 Å². The molecule has 0 radical (unpaired) electrons. The lowest BCUT2D eigenvalue weighted by molar-refractivity contribution is -0.136. The van der Waals surface area contributed by atoms with Crippen LogP contribution in [-0.2, 0) is 22.4 Å². The van der Waals surface area contributed by atoms with Crippen molar-refractivity contribution in [3.05, 3.63) is 75.8 Å². The zero-order chi connectivity index (χ0) is 26.2. The molecule has 1 fully saturated rings. The maximum Gasteiger partial charge on any atom is 0.303 e. The average molecular weight is 524 g/mol. The molecule has 0 aliphatic carbocycles. The van der Waals surface area contributed by atoms with Crippen LogP contribution in [-0.4, -0.2) is 54.9 Å². The summed E-state index contributed by atoms with van der Waals surface area (Å²) >= 11 is 1.69. The topological polar surface area (TPSA) is 101 Å². The molecule has 0 spiro atoms. The summed E-state index contributed by atoms with van der Waals surface area (Å²) < 4.78 is 11.5. The second-order valence-electron chi connectivity index (χ2n) is 9.02. The van der Waals surface area contributed by atoms with Crippen molar-refractivity contribution in [3.8, 4) is 5.75 Å². The van der Waals surface area contributed by atoms with E-state index in [-0.39, 0.29) is 24.8 Å². The van der Waals surface area contributed by atoms with E-state index in [0.717, 1.165) is 42.7 Å². The van der Waals surface area contributed by atoms with Gasteiger partial charge < -0.3 is 24.8 Å². The molecule has 0 bridgehead atoms. The third kappa shape index (κ3) is 7.30. The van der Waals surface area contributed by atoms with Crippen LogP contribution >= 0.6 is 11.3 Å². The lowest BCUT2D eigenvalue weighted by Crippen LogP contribution is -2.36. The first kappa shape index (κ1) is 26.6. The minimum Gasteiger partial charge on any atom is -0.493 e. The van der Waals surface area contributed by atoms with Crippen LogP contribution in [0.4, 0.5) is 5.13 Å². The van der Waals surface area contributed by atoms with Crippen molar-refractivity contribution in [1.82, 2.24) is 10.3 Å². The summed E-state index contributed by atoms with van der Waals surface area (Å²) in [6.45, 7) is 7.56. The quantitative estimate of drug-likeness (QED) is 0.384. The maximum absolute atomic E-state index is 13.2. The van der Waals surface area contributed by atoms with Crippen LogP contribution in [0, 0.1) is 6.92 Å². The van der Waals surface area contributed by atoms with Gasteiger partial charge in [-0.25, -0.2) is 4.98 Å². The number of ether oxygens (including phenoxy) is 2. The summed E-state index contributed by atoms with van der Waals surface area (Å²) in [5, 5.41) is 13.2. The molecule has 2 N–H and O–H groups in total. The van der Waals surface area contributed by atoms with E-state index in [1.807, 2.05) is 37.3 Å². The fraction of sp³-hybridized carbons (Fsp3) is 0.393. The molecule has 1 atom stereocenters. The van der Waals surface area contributed by atoms with Crippen LogP contribution < -0.4 is 15.0 Å². The van der Waals surface area contributed by atoms with Crippen LogP contribution in [0.5, 0.6) is 5.75 Å². The van der Waals surface area contributed by atoms with Crippen LogP contribution in [0.1, 0.15) is 51.4 Å². The Balaban J connectivity index is 1.42. The third-order valence-electron chi connectivity index (χ3n) is 6.35. The molecule has 2 aromatic carbocycles. The van der Waals surface area contributed by atoms with E-state index in [0.29, 0.717) is 29.9 Å². The first-order chi connectivity index (χ1) is 17.9. The summed E-state index contributed by atoms with van der Waals surface area (Å²) in [6, 6.07) is 14.8. The molecule has 9 heteroatoms. The van der Waals surface area contributed by atoms with Gasteiger partial charge in [0.1, 0.15) is 5.75 Å². The molecule has 2 heterocycles. The van der Waals surface area contributed by atoms with Gasteiger partial charge in [-0.15, -0.1) is 11.3 Å². The van der Waals surface area contributed by atoms with Crippen molar-refractivity contribution in [2.75, 3.05) is 37.8 Å². The van der Waals surface area contributed by atoms with Gasteiger partial charge in [-0.05, 0) is 43.5 Å². The molecule has 3 aromatic rings. The van der Waals surface area contributed by atoms with Crippen molar-refractivity contribution in [3.63, 3.8) is 0 Å². The molecular weight excluding hydrogens is 490 g/mol. The van der Waals surface area contributed by atoms with Gasteiger partial charge in [0.25, 0.3) is 5.91 Å². The van der Waals surface area contributed by atoms with E-state index in [4.69, 9.17) is 19.6 Å². The van der Waals surface area contributed by atoms with Crippen LogP contribution in [0.15, 0.2) is 48.5 Å². The first-order valence-corrected chi connectivity index (χ1v) is 13.3. The third-order valence-corrected chi connectivity index (χ3v) is 7.43. The molecule has 1 unspecified atom stereocenters. The number of aryl methyl sites for hydroxylation is 2. The molecule has 37 heavy (non-hydrogen) atoms. The smallest absolute Gasteiger partial charge is 0.303 e. The lowest BCUT2D eigenvalue weighted by atomic mass is 10.0. The number of carboxylic acids is 1. The van der Waals surface area contributed by atoms with Gasteiger partial charge in [0.15, 0.2) is 5.13 Å². The highest BCUT2D eigenvalue weighted by Gasteiger charge is 2.19. The van der Waals surface area contributed by atoms with E-state index in [1.165, 1.54) is 4.88 Å². The number of aromatic nitrogens is 1. The Morgan fingerprint density at radius 1 is 1.16 bits per heavy atom. The number of morpholine rings is 1. The molecule has 1 aliphatic rings. The molecule has 1 aliphatic heterocycles. The van der Waals surface area contributed by atoms with Crippen LogP contribution in [0.3, 0.4) is 0 Å². The number of carboxylic acid groups (broad SMARTS) is 1. The van der Waals surface area contributed by atoms with Gasteiger partial charge in [0, 0.05) is 36.4 Å². The summed E-state index contributed by atoms with van der Waals surface area (Å²) in [5.41, 5.74) is 3.11. The second kappa shape index (κ2) is 12.7. The maximum atomic E-state index is 13.2. The van der Waals surface area contributed by atoms with Crippen molar-refractivity contribution in [2.24, 2.45) is 0 Å². The fourth-order valence-electron chi connectivity index (χ4n) is 4.22. The molecule has 4 rings (SSSR count). The fourth-order valence-corrected chi connectivity index (χ4v) is 5.22. The molecule has 0 saturated carbocycles. The van der Waals surface area contributed by atoms with Gasteiger partial charge in [-0.3, -0.25) is 9.59 Å². The number of nitrogens with one attached hydrogen (secondary N) is 1. The van der Waals surface area contributed by atoms with Crippen molar-refractivity contribution in [2.45, 2.75) is 39.2 Å². The van der Waals surface area contributed by atoms with E-state index in [1.54, 1.807) is 29.5 Å². The number of carbonyl (C=O) groups is 2. The number of hydrogen-bond donors (Lipinski definition) is 2. The number of thiazole rings is 1. The SMILES string of the molecule is Cc1sc(N2CCOCC2)nc1CCOc1ccc(CCC(=O)O)c(C(=O)NC(C)c2ccccc2)c1. The summed E-state index contributed by atoms with van der Waals surface area (Å²) in [7, 11) is 0. The second-order valence-corrected chi connectivity index (χ2v) is 10.2. The Kier molecular flexibility index (Phi) is 9.14. The van der Waals surface area contributed by atoms with Crippen molar-refractivity contribution in [1.29, 1.82) is 0 Å². The van der Waals surface area contributed by atoms with Crippen molar-refractivity contribution >= 4 is 28.3 Å².